The van der Waals surface area contributed by atoms with Crippen molar-refractivity contribution in [3.05, 3.63) is 53.6 Å². The fourth-order valence-corrected chi connectivity index (χ4v) is 3.89. The average Bonchev–Trinajstić information content (AvgIpc) is 2.76. The maximum Gasteiger partial charge on any atom is 0.274 e. The number of hydrogen-bond acceptors (Lipinski definition) is 5. The van der Waals surface area contributed by atoms with Gasteiger partial charge in [0.2, 0.25) is 5.91 Å². The molecule has 1 fully saturated rings. The molecule has 0 N–H and O–H groups in total. The summed E-state index contributed by atoms with van der Waals surface area (Å²) in [6, 6.07) is 8.35. The fourth-order valence-electron chi connectivity index (χ4n) is 3.89. The molecule has 0 unspecified atom stereocenters. The normalized spacial score (nSPS) is 14.1. The summed E-state index contributed by atoms with van der Waals surface area (Å²) in [5.41, 5.74) is 3.59. The van der Waals surface area contributed by atoms with E-state index in [9.17, 15) is 9.59 Å². The van der Waals surface area contributed by atoms with Crippen LogP contribution in [0.4, 0.5) is 5.69 Å². The van der Waals surface area contributed by atoms with Crippen molar-refractivity contribution in [2.24, 2.45) is 5.92 Å². The van der Waals surface area contributed by atoms with Gasteiger partial charge in [0.15, 0.2) is 0 Å². The summed E-state index contributed by atoms with van der Waals surface area (Å²) >= 11 is 0. The van der Waals surface area contributed by atoms with Crippen molar-refractivity contribution in [1.29, 1.82) is 0 Å². The molecular weight excluding hydrogens is 390 g/mol. The van der Waals surface area contributed by atoms with Gasteiger partial charge in [-0.25, -0.2) is 4.98 Å². The Balaban J connectivity index is 1.55. The minimum Gasteiger partial charge on any atom is -0.368 e. The zero-order chi connectivity index (χ0) is 22.4. The molecule has 0 bridgehead atoms. The number of benzene rings is 1. The highest BCUT2D eigenvalue weighted by Gasteiger charge is 2.24. The Morgan fingerprint density at radius 3 is 2.35 bits per heavy atom. The van der Waals surface area contributed by atoms with E-state index in [0.29, 0.717) is 44.2 Å². The van der Waals surface area contributed by atoms with Gasteiger partial charge in [-0.3, -0.25) is 14.6 Å². The molecule has 0 spiro atoms. The molecule has 1 aliphatic heterocycles. The van der Waals surface area contributed by atoms with Crippen molar-refractivity contribution in [2.75, 3.05) is 44.2 Å². The number of piperazine rings is 1. The van der Waals surface area contributed by atoms with Gasteiger partial charge in [-0.1, -0.05) is 32.0 Å². The van der Waals surface area contributed by atoms with E-state index < -0.39 is 0 Å². The Bertz CT molecular complexity index is 889. The van der Waals surface area contributed by atoms with Gasteiger partial charge in [0.25, 0.3) is 5.91 Å². The van der Waals surface area contributed by atoms with Crippen molar-refractivity contribution in [1.82, 2.24) is 19.8 Å². The Hall–Kier alpha value is -2.96. The highest BCUT2D eigenvalue weighted by atomic mass is 16.2. The first-order chi connectivity index (χ1) is 14.8. The molecule has 2 heterocycles. The average molecular weight is 424 g/mol. The predicted octanol–water partition coefficient (Wildman–Crippen LogP) is 2.93. The maximum absolute atomic E-state index is 12.9. The first-order valence-electron chi connectivity index (χ1n) is 11.0. The standard InChI is InChI=1S/C24H33N5O2/c1-18(2)17-29(24(31)21-16-25-20(4)15-26-21)10-9-23(30)28-13-11-27(12-14-28)22-8-6-5-7-19(22)3/h5-8,15-16,18H,9-14,17H2,1-4H3. The number of aromatic nitrogens is 2. The molecule has 7 heteroatoms. The van der Waals surface area contributed by atoms with Gasteiger partial charge in [-0.15, -0.1) is 0 Å². The van der Waals surface area contributed by atoms with Crippen LogP contribution in [-0.4, -0.2) is 70.9 Å². The topological polar surface area (TPSA) is 69.6 Å². The molecule has 0 aliphatic carbocycles. The molecular formula is C24H33N5O2. The summed E-state index contributed by atoms with van der Waals surface area (Å²) in [4.78, 5) is 40.1. The second-order valence-corrected chi connectivity index (χ2v) is 8.59. The van der Waals surface area contributed by atoms with Crippen molar-refractivity contribution in [3.63, 3.8) is 0 Å². The number of anilines is 1. The molecule has 0 radical (unpaired) electrons. The molecule has 166 valence electrons. The Labute approximate surface area is 185 Å². The first kappa shape index (κ1) is 22.7. The lowest BCUT2D eigenvalue weighted by Gasteiger charge is -2.37. The van der Waals surface area contributed by atoms with Crippen LogP contribution in [0, 0.1) is 19.8 Å². The number of carbonyl (C=O) groups is 2. The molecule has 3 rings (SSSR count). The number of amides is 2. The molecule has 0 saturated carbocycles. The summed E-state index contributed by atoms with van der Waals surface area (Å²) in [5.74, 6) is 0.231. The molecule has 2 amide bonds. The van der Waals surface area contributed by atoms with Gasteiger partial charge < -0.3 is 14.7 Å². The van der Waals surface area contributed by atoms with Gasteiger partial charge in [0.1, 0.15) is 5.69 Å². The summed E-state index contributed by atoms with van der Waals surface area (Å²) in [5, 5.41) is 0. The van der Waals surface area contributed by atoms with E-state index in [1.54, 1.807) is 11.1 Å². The van der Waals surface area contributed by atoms with E-state index in [4.69, 9.17) is 0 Å². The summed E-state index contributed by atoms with van der Waals surface area (Å²) in [7, 11) is 0. The van der Waals surface area contributed by atoms with Crippen molar-refractivity contribution >= 4 is 17.5 Å². The van der Waals surface area contributed by atoms with Crippen LogP contribution in [0.1, 0.15) is 42.0 Å². The summed E-state index contributed by atoms with van der Waals surface area (Å²) in [6.45, 7) is 12.1. The third kappa shape index (κ3) is 6.03. The van der Waals surface area contributed by atoms with Crippen LogP contribution >= 0.6 is 0 Å². The van der Waals surface area contributed by atoms with Crippen LogP contribution in [0.15, 0.2) is 36.7 Å². The number of para-hydroxylation sites is 1. The highest BCUT2D eigenvalue weighted by Crippen LogP contribution is 2.21. The molecule has 1 aromatic heterocycles. The van der Waals surface area contributed by atoms with Crippen LogP contribution < -0.4 is 4.90 Å². The van der Waals surface area contributed by atoms with Crippen LogP contribution in [0.5, 0.6) is 0 Å². The Morgan fingerprint density at radius 1 is 1.03 bits per heavy atom. The Kier molecular flexibility index (Phi) is 7.60. The lowest BCUT2D eigenvalue weighted by Crippen LogP contribution is -2.49. The van der Waals surface area contributed by atoms with Crippen LogP contribution in [0.25, 0.3) is 0 Å². The largest absolute Gasteiger partial charge is 0.368 e. The number of rotatable bonds is 7. The summed E-state index contributed by atoms with van der Waals surface area (Å²) < 4.78 is 0. The second-order valence-electron chi connectivity index (χ2n) is 8.59. The molecule has 31 heavy (non-hydrogen) atoms. The monoisotopic (exact) mass is 423 g/mol. The molecule has 1 saturated heterocycles. The van der Waals surface area contributed by atoms with E-state index in [1.807, 2.05) is 17.9 Å². The van der Waals surface area contributed by atoms with Crippen LogP contribution in [0.3, 0.4) is 0 Å². The number of aryl methyl sites for hydroxylation is 2. The van der Waals surface area contributed by atoms with Crippen molar-refractivity contribution < 1.29 is 9.59 Å². The minimum atomic E-state index is -0.168. The number of nitrogens with zero attached hydrogens (tertiary/aromatic N) is 5. The lowest BCUT2D eigenvalue weighted by molar-refractivity contribution is -0.131. The molecule has 0 atom stereocenters. The zero-order valence-electron chi connectivity index (χ0n) is 19.0. The lowest BCUT2D eigenvalue weighted by atomic mass is 10.1. The van der Waals surface area contributed by atoms with Crippen LogP contribution in [0.2, 0.25) is 0 Å². The second kappa shape index (κ2) is 10.4. The fraction of sp³-hybridized carbons (Fsp3) is 0.500. The van der Waals surface area contributed by atoms with Gasteiger partial charge in [-0.05, 0) is 31.4 Å². The third-order valence-electron chi connectivity index (χ3n) is 5.56. The van der Waals surface area contributed by atoms with Gasteiger partial charge >= 0.3 is 0 Å². The third-order valence-corrected chi connectivity index (χ3v) is 5.56. The van der Waals surface area contributed by atoms with Crippen molar-refractivity contribution in [3.8, 4) is 0 Å². The van der Waals surface area contributed by atoms with Gasteiger partial charge in [0.05, 0.1) is 11.9 Å². The molecule has 1 aliphatic rings. The van der Waals surface area contributed by atoms with Gasteiger partial charge in [0, 0.05) is 57.6 Å². The predicted molar refractivity (Wildman–Crippen MR) is 122 cm³/mol. The quantitative estimate of drug-likeness (QED) is 0.685. The van der Waals surface area contributed by atoms with Gasteiger partial charge in [-0.2, -0.15) is 0 Å². The number of carbonyl (C=O) groups excluding carboxylic acids is 2. The van der Waals surface area contributed by atoms with E-state index in [2.05, 4.69) is 53.8 Å². The Morgan fingerprint density at radius 2 is 1.74 bits per heavy atom. The maximum atomic E-state index is 12.9. The van der Waals surface area contributed by atoms with E-state index >= 15 is 0 Å². The smallest absolute Gasteiger partial charge is 0.274 e. The SMILES string of the molecule is Cc1cnc(C(=O)N(CCC(=O)N2CCN(c3ccccc3C)CC2)CC(C)C)cn1. The summed E-state index contributed by atoms with van der Waals surface area (Å²) in [6.07, 6.45) is 3.43. The van der Waals surface area contributed by atoms with Crippen molar-refractivity contribution in [2.45, 2.75) is 34.1 Å². The number of hydrogen-bond donors (Lipinski definition) is 0. The molecule has 2 aromatic rings. The first-order valence-corrected chi connectivity index (χ1v) is 11.0. The van der Waals surface area contributed by atoms with Crippen LogP contribution in [-0.2, 0) is 4.79 Å². The molecule has 7 nitrogen and oxygen atoms in total. The van der Waals surface area contributed by atoms with E-state index in [0.717, 1.165) is 18.8 Å². The minimum absolute atomic E-state index is 0.0981. The molecule has 1 aromatic carbocycles. The highest BCUT2D eigenvalue weighted by molar-refractivity contribution is 5.92. The zero-order valence-corrected chi connectivity index (χ0v) is 19.0. The van der Waals surface area contributed by atoms with E-state index in [-0.39, 0.29) is 11.8 Å². The van der Waals surface area contributed by atoms with E-state index in [1.165, 1.54) is 17.4 Å².